The van der Waals surface area contributed by atoms with Crippen LogP contribution in [0.3, 0.4) is 0 Å². The fraction of sp³-hybridized carbons (Fsp3) is 0.0714. The van der Waals surface area contributed by atoms with Gasteiger partial charge in [0.2, 0.25) is 0 Å². The fourth-order valence-corrected chi connectivity index (χ4v) is 1.46. The SMILES string of the molecule is O=c1occcc1C/C=C/c1ccc(O)cc1. The van der Waals surface area contributed by atoms with Gasteiger partial charge in [-0.1, -0.05) is 24.3 Å². The Morgan fingerprint density at radius 1 is 1.18 bits per heavy atom. The molecule has 3 nitrogen and oxygen atoms in total. The molecule has 3 heteroatoms. The molecule has 1 heterocycles. The van der Waals surface area contributed by atoms with E-state index in [1.54, 1.807) is 36.4 Å². The first-order valence-electron chi connectivity index (χ1n) is 5.28. The molecule has 0 saturated carbocycles. The zero-order chi connectivity index (χ0) is 12.1. The van der Waals surface area contributed by atoms with Gasteiger partial charge in [-0.2, -0.15) is 0 Å². The monoisotopic (exact) mass is 228 g/mol. The van der Waals surface area contributed by atoms with Gasteiger partial charge in [0.15, 0.2) is 0 Å². The summed E-state index contributed by atoms with van der Waals surface area (Å²) in [5, 5.41) is 9.12. The number of hydrogen-bond acceptors (Lipinski definition) is 3. The number of rotatable bonds is 3. The van der Waals surface area contributed by atoms with E-state index in [0.717, 1.165) is 5.56 Å². The van der Waals surface area contributed by atoms with Crippen molar-refractivity contribution in [1.82, 2.24) is 0 Å². The molecule has 0 atom stereocenters. The lowest BCUT2D eigenvalue weighted by Crippen LogP contribution is -2.04. The van der Waals surface area contributed by atoms with Crippen molar-refractivity contribution in [1.29, 1.82) is 0 Å². The molecule has 86 valence electrons. The van der Waals surface area contributed by atoms with Crippen molar-refractivity contribution in [2.24, 2.45) is 0 Å². The maximum Gasteiger partial charge on any atom is 0.339 e. The molecule has 0 fully saturated rings. The van der Waals surface area contributed by atoms with Gasteiger partial charge in [0.1, 0.15) is 5.75 Å². The topological polar surface area (TPSA) is 50.4 Å². The molecule has 0 unspecified atom stereocenters. The maximum absolute atomic E-state index is 11.3. The van der Waals surface area contributed by atoms with E-state index in [9.17, 15) is 4.79 Å². The summed E-state index contributed by atoms with van der Waals surface area (Å²) in [7, 11) is 0. The van der Waals surface area contributed by atoms with E-state index >= 15 is 0 Å². The van der Waals surface area contributed by atoms with Crippen LogP contribution in [0.1, 0.15) is 11.1 Å². The van der Waals surface area contributed by atoms with Gasteiger partial charge in [-0.25, -0.2) is 4.79 Å². The third kappa shape index (κ3) is 3.08. The highest BCUT2D eigenvalue weighted by molar-refractivity contribution is 5.50. The minimum absolute atomic E-state index is 0.242. The average Bonchev–Trinajstić information content (AvgIpc) is 2.34. The Morgan fingerprint density at radius 2 is 1.94 bits per heavy atom. The Balaban J connectivity index is 2.05. The molecule has 0 aliphatic rings. The van der Waals surface area contributed by atoms with Gasteiger partial charge in [-0.05, 0) is 36.2 Å². The summed E-state index contributed by atoms with van der Waals surface area (Å²) < 4.78 is 4.75. The second kappa shape index (κ2) is 5.16. The van der Waals surface area contributed by atoms with E-state index in [1.165, 1.54) is 6.26 Å². The smallest absolute Gasteiger partial charge is 0.339 e. The van der Waals surface area contributed by atoms with E-state index in [2.05, 4.69) is 0 Å². The number of hydrogen-bond donors (Lipinski definition) is 1. The second-order valence-corrected chi connectivity index (χ2v) is 3.62. The van der Waals surface area contributed by atoms with Crippen molar-refractivity contribution in [2.75, 3.05) is 0 Å². The predicted molar refractivity (Wildman–Crippen MR) is 65.8 cm³/mol. The zero-order valence-corrected chi connectivity index (χ0v) is 9.17. The molecule has 0 amide bonds. The third-order valence-electron chi connectivity index (χ3n) is 2.35. The van der Waals surface area contributed by atoms with Gasteiger partial charge >= 0.3 is 5.63 Å². The molecule has 0 aliphatic heterocycles. The van der Waals surface area contributed by atoms with Gasteiger partial charge in [0.25, 0.3) is 0 Å². The summed E-state index contributed by atoms with van der Waals surface area (Å²) >= 11 is 0. The minimum Gasteiger partial charge on any atom is -0.508 e. The van der Waals surface area contributed by atoms with Gasteiger partial charge in [0.05, 0.1) is 6.26 Å². The van der Waals surface area contributed by atoms with Gasteiger partial charge in [-0.15, -0.1) is 0 Å². The number of allylic oxidation sites excluding steroid dienone is 1. The Labute approximate surface area is 98.7 Å². The van der Waals surface area contributed by atoms with Crippen LogP contribution in [-0.2, 0) is 6.42 Å². The van der Waals surface area contributed by atoms with E-state index in [1.807, 2.05) is 12.2 Å². The van der Waals surface area contributed by atoms with Gasteiger partial charge in [-0.3, -0.25) is 0 Å². The number of benzene rings is 1. The molecule has 0 spiro atoms. The summed E-state index contributed by atoms with van der Waals surface area (Å²) in [6.45, 7) is 0. The quantitative estimate of drug-likeness (QED) is 0.878. The first-order chi connectivity index (χ1) is 8.25. The number of phenolic OH excluding ortho intramolecular Hbond substituents is 1. The van der Waals surface area contributed by atoms with Crippen molar-refractivity contribution in [3.05, 3.63) is 70.3 Å². The molecule has 0 aliphatic carbocycles. The summed E-state index contributed by atoms with van der Waals surface area (Å²) in [5.41, 5.74) is 1.30. The molecule has 0 saturated heterocycles. The summed E-state index contributed by atoms with van der Waals surface area (Å²) in [6.07, 6.45) is 5.68. The Morgan fingerprint density at radius 3 is 2.65 bits per heavy atom. The molecular weight excluding hydrogens is 216 g/mol. The van der Waals surface area contributed by atoms with E-state index < -0.39 is 0 Å². The van der Waals surface area contributed by atoms with Crippen LogP contribution in [0.5, 0.6) is 5.75 Å². The van der Waals surface area contributed by atoms with Crippen LogP contribution >= 0.6 is 0 Å². The van der Waals surface area contributed by atoms with Crippen LogP contribution in [0.2, 0.25) is 0 Å². The lowest BCUT2D eigenvalue weighted by atomic mass is 10.1. The summed E-state index contributed by atoms with van der Waals surface area (Å²) in [5.74, 6) is 0.242. The van der Waals surface area contributed by atoms with E-state index in [4.69, 9.17) is 9.52 Å². The third-order valence-corrected chi connectivity index (χ3v) is 2.35. The summed E-state index contributed by atoms with van der Waals surface area (Å²) in [4.78, 5) is 11.3. The van der Waals surface area contributed by atoms with Crippen molar-refractivity contribution in [3.63, 3.8) is 0 Å². The molecule has 0 bridgehead atoms. The zero-order valence-electron chi connectivity index (χ0n) is 9.17. The molecule has 1 aromatic heterocycles. The number of aromatic hydroxyl groups is 1. The number of phenols is 1. The molecule has 1 aromatic carbocycles. The van der Waals surface area contributed by atoms with Crippen molar-refractivity contribution >= 4 is 6.08 Å². The highest BCUT2D eigenvalue weighted by Gasteiger charge is 1.96. The van der Waals surface area contributed by atoms with Crippen molar-refractivity contribution < 1.29 is 9.52 Å². The Kier molecular flexibility index (Phi) is 3.40. The Hall–Kier alpha value is -2.29. The van der Waals surface area contributed by atoms with Crippen LogP contribution < -0.4 is 5.63 Å². The maximum atomic E-state index is 11.3. The molecule has 17 heavy (non-hydrogen) atoms. The minimum atomic E-state index is -0.303. The molecule has 2 rings (SSSR count). The lowest BCUT2D eigenvalue weighted by molar-refractivity contribution is 0.475. The van der Waals surface area contributed by atoms with Gasteiger partial charge in [0, 0.05) is 5.56 Å². The van der Waals surface area contributed by atoms with Crippen molar-refractivity contribution in [2.45, 2.75) is 6.42 Å². The molecule has 1 N–H and O–H groups in total. The molecular formula is C14H12O3. The van der Waals surface area contributed by atoms with E-state index in [-0.39, 0.29) is 11.4 Å². The predicted octanol–water partition coefficient (Wildman–Crippen LogP) is 2.60. The standard InChI is InChI=1S/C14H12O3/c15-13-8-6-11(7-9-13)3-1-4-12-5-2-10-17-14(12)16/h1-3,5-10,15H,4H2/b3-1+. The Bertz CT molecular complexity index is 565. The van der Waals surface area contributed by atoms with Crippen LogP contribution in [-0.4, -0.2) is 5.11 Å². The van der Waals surface area contributed by atoms with Crippen LogP contribution in [0.4, 0.5) is 0 Å². The van der Waals surface area contributed by atoms with Crippen LogP contribution in [0.15, 0.2) is 57.9 Å². The highest BCUT2D eigenvalue weighted by Crippen LogP contribution is 2.11. The van der Waals surface area contributed by atoms with Gasteiger partial charge < -0.3 is 9.52 Å². The highest BCUT2D eigenvalue weighted by atomic mass is 16.4. The fourth-order valence-electron chi connectivity index (χ4n) is 1.46. The molecule has 2 aromatic rings. The second-order valence-electron chi connectivity index (χ2n) is 3.62. The largest absolute Gasteiger partial charge is 0.508 e. The molecule has 0 radical (unpaired) electrons. The normalized spacial score (nSPS) is 10.8. The first-order valence-corrected chi connectivity index (χ1v) is 5.28. The van der Waals surface area contributed by atoms with Crippen LogP contribution in [0, 0.1) is 0 Å². The van der Waals surface area contributed by atoms with E-state index in [0.29, 0.717) is 12.0 Å². The first kappa shape index (κ1) is 11.2. The lowest BCUT2D eigenvalue weighted by Gasteiger charge is -1.95. The van der Waals surface area contributed by atoms with Crippen molar-refractivity contribution in [3.8, 4) is 5.75 Å². The average molecular weight is 228 g/mol. The van der Waals surface area contributed by atoms with Crippen LogP contribution in [0.25, 0.3) is 6.08 Å². The summed E-state index contributed by atoms with van der Waals surface area (Å²) in [6, 6.07) is 10.3.